The van der Waals surface area contributed by atoms with Gasteiger partial charge in [-0.3, -0.25) is 4.79 Å². The van der Waals surface area contributed by atoms with Crippen molar-refractivity contribution >= 4 is 28.9 Å². The molecular weight excluding hydrogens is 272 g/mol. The van der Waals surface area contributed by atoms with E-state index in [1.54, 1.807) is 6.07 Å². The quantitative estimate of drug-likeness (QED) is 0.846. The molecular formula is C16H17ClN2O. The van der Waals surface area contributed by atoms with Crippen LogP contribution >= 0.6 is 11.6 Å². The Kier molecular flexibility index (Phi) is 4.30. The van der Waals surface area contributed by atoms with Crippen LogP contribution in [0.4, 0.5) is 11.4 Å². The highest BCUT2D eigenvalue weighted by atomic mass is 35.5. The zero-order chi connectivity index (χ0) is 14.7. The molecule has 0 saturated heterocycles. The van der Waals surface area contributed by atoms with E-state index in [9.17, 15) is 4.79 Å². The van der Waals surface area contributed by atoms with Crippen molar-refractivity contribution in [1.82, 2.24) is 0 Å². The molecule has 0 atom stereocenters. The number of rotatable bonds is 3. The van der Waals surface area contributed by atoms with Crippen molar-refractivity contribution in [3.8, 4) is 0 Å². The van der Waals surface area contributed by atoms with E-state index in [2.05, 4.69) is 5.32 Å². The molecule has 4 heteroatoms. The third kappa shape index (κ3) is 3.31. The molecule has 3 N–H and O–H groups in total. The van der Waals surface area contributed by atoms with E-state index >= 15 is 0 Å². The minimum Gasteiger partial charge on any atom is -0.397 e. The normalized spacial score (nSPS) is 10.3. The smallest absolute Gasteiger partial charge is 0.228 e. The molecule has 0 radical (unpaired) electrons. The lowest BCUT2D eigenvalue weighted by Gasteiger charge is -2.11. The third-order valence-electron chi connectivity index (χ3n) is 3.25. The van der Waals surface area contributed by atoms with Gasteiger partial charge in [-0.2, -0.15) is 0 Å². The second kappa shape index (κ2) is 5.97. The summed E-state index contributed by atoms with van der Waals surface area (Å²) in [6.45, 7) is 3.97. The number of carbonyl (C=O) groups excluding carboxylic acids is 1. The van der Waals surface area contributed by atoms with Crippen LogP contribution in [0.5, 0.6) is 0 Å². The van der Waals surface area contributed by atoms with Crippen LogP contribution in [0.25, 0.3) is 0 Å². The molecule has 0 spiro atoms. The van der Waals surface area contributed by atoms with Gasteiger partial charge in [-0.25, -0.2) is 0 Å². The Morgan fingerprint density at radius 3 is 2.55 bits per heavy atom. The van der Waals surface area contributed by atoms with Crippen molar-refractivity contribution < 1.29 is 4.79 Å². The number of nitrogens with one attached hydrogen (secondary N) is 1. The molecule has 0 bridgehead atoms. The number of hydrogen-bond acceptors (Lipinski definition) is 2. The van der Waals surface area contributed by atoms with Gasteiger partial charge in [0, 0.05) is 5.02 Å². The second-order valence-electron chi connectivity index (χ2n) is 4.84. The molecule has 0 heterocycles. The van der Waals surface area contributed by atoms with E-state index in [1.165, 1.54) is 0 Å². The fourth-order valence-corrected chi connectivity index (χ4v) is 2.16. The average molecular weight is 289 g/mol. The Hall–Kier alpha value is -2.00. The van der Waals surface area contributed by atoms with E-state index in [1.807, 2.05) is 44.2 Å². The second-order valence-corrected chi connectivity index (χ2v) is 5.25. The summed E-state index contributed by atoms with van der Waals surface area (Å²) in [6, 6.07) is 11.1. The molecule has 0 aliphatic carbocycles. The zero-order valence-electron chi connectivity index (χ0n) is 11.5. The standard InChI is InChI=1S/C16H17ClN2O/c1-10-7-14(18)15(8-11(10)2)19-16(20)9-12-5-3-4-6-13(12)17/h3-8H,9,18H2,1-2H3,(H,19,20). The number of nitrogen functional groups attached to an aromatic ring is 1. The lowest BCUT2D eigenvalue weighted by Crippen LogP contribution is -2.16. The highest BCUT2D eigenvalue weighted by Crippen LogP contribution is 2.23. The molecule has 0 aliphatic rings. The van der Waals surface area contributed by atoms with Gasteiger partial charge >= 0.3 is 0 Å². The van der Waals surface area contributed by atoms with Crippen molar-refractivity contribution in [1.29, 1.82) is 0 Å². The molecule has 1 amide bonds. The molecule has 0 saturated carbocycles. The van der Waals surface area contributed by atoms with Crippen LogP contribution < -0.4 is 11.1 Å². The van der Waals surface area contributed by atoms with Crippen LogP contribution in [0.1, 0.15) is 16.7 Å². The first kappa shape index (κ1) is 14.4. The molecule has 0 unspecified atom stereocenters. The first-order chi connectivity index (χ1) is 9.47. The van der Waals surface area contributed by atoms with E-state index in [0.717, 1.165) is 16.7 Å². The summed E-state index contributed by atoms with van der Waals surface area (Å²) in [5.41, 5.74) is 10.1. The molecule has 0 aromatic heterocycles. The minimum atomic E-state index is -0.131. The summed E-state index contributed by atoms with van der Waals surface area (Å²) in [5, 5.41) is 3.42. The summed E-state index contributed by atoms with van der Waals surface area (Å²) in [6.07, 6.45) is 0.228. The van der Waals surface area contributed by atoms with Crippen LogP contribution in [-0.2, 0) is 11.2 Å². The van der Waals surface area contributed by atoms with Gasteiger partial charge in [0.1, 0.15) is 0 Å². The van der Waals surface area contributed by atoms with Gasteiger partial charge in [0.05, 0.1) is 17.8 Å². The Balaban J connectivity index is 2.13. The number of anilines is 2. The number of aryl methyl sites for hydroxylation is 2. The van der Waals surface area contributed by atoms with Crippen molar-refractivity contribution in [3.05, 3.63) is 58.1 Å². The molecule has 20 heavy (non-hydrogen) atoms. The lowest BCUT2D eigenvalue weighted by molar-refractivity contribution is -0.115. The summed E-state index contributed by atoms with van der Waals surface area (Å²) in [5.74, 6) is -0.131. The zero-order valence-corrected chi connectivity index (χ0v) is 12.3. The Bertz CT molecular complexity index is 653. The highest BCUT2D eigenvalue weighted by molar-refractivity contribution is 6.31. The maximum absolute atomic E-state index is 12.1. The number of benzene rings is 2. The van der Waals surface area contributed by atoms with Crippen molar-refractivity contribution in [2.24, 2.45) is 0 Å². The topological polar surface area (TPSA) is 55.1 Å². The van der Waals surface area contributed by atoms with Crippen LogP contribution in [-0.4, -0.2) is 5.91 Å². The first-order valence-corrected chi connectivity index (χ1v) is 6.75. The van der Waals surface area contributed by atoms with Crippen molar-refractivity contribution in [2.45, 2.75) is 20.3 Å². The Morgan fingerprint density at radius 2 is 1.85 bits per heavy atom. The molecule has 0 aliphatic heterocycles. The Morgan fingerprint density at radius 1 is 1.20 bits per heavy atom. The summed E-state index contributed by atoms with van der Waals surface area (Å²) < 4.78 is 0. The van der Waals surface area contributed by atoms with Crippen LogP contribution in [0.3, 0.4) is 0 Å². The maximum Gasteiger partial charge on any atom is 0.228 e. The number of nitrogens with two attached hydrogens (primary N) is 1. The summed E-state index contributed by atoms with van der Waals surface area (Å²) in [4.78, 5) is 12.1. The van der Waals surface area contributed by atoms with Gasteiger partial charge in [0.2, 0.25) is 5.91 Å². The predicted molar refractivity (Wildman–Crippen MR) is 84.1 cm³/mol. The van der Waals surface area contributed by atoms with Crippen LogP contribution in [0.15, 0.2) is 36.4 Å². The lowest BCUT2D eigenvalue weighted by atomic mass is 10.1. The molecule has 2 aromatic rings. The van der Waals surface area contributed by atoms with E-state index in [0.29, 0.717) is 16.4 Å². The minimum absolute atomic E-state index is 0.131. The first-order valence-electron chi connectivity index (χ1n) is 6.37. The molecule has 2 rings (SSSR count). The third-order valence-corrected chi connectivity index (χ3v) is 3.62. The molecule has 0 fully saturated rings. The molecule has 3 nitrogen and oxygen atoms in total. The van der Waals surface area contributed by atoms with Crippen LogP contribution in [0.2, 0.25) is 5.02 Å². The predicted octanol–water partition coefficient (Wildman–Crippen LogP) is 3.72. The highest BCUT2D eigenvalue weighted by Gasteiger charge is 2.09. The van der Waals surface area contributed by atoms with Gasteiger partial charge in [-0.15, -0.1) is 0 Å². The largest absolute Gasteiger partial charge is 0.397 e. The average Bonchev–Trinajstić information content (AvgIpc) is 2.39. The number of hydrogen-bond donors (Lipinski definition) is 2. The number of carbonyl (C=O) groups is 1. The number of halogens is 1. The summed E-state index contributed by atoms with van der Waals surface area (Å²) >= 11 is 6.04. The van der Waals surface area contributed by atoms with Gasteiger partial charge < -0.3 is 11.1 Å². The van der Waals surface area contributed by atoms with E-state index < -0.39 is 0 Å². The van der Waals surface area contributed by atoms with Crippen LogP contribution in [0, 0.1) is 13.8 Å². The monoisotopic (exact) mass is 288 g/mol. The fraction of sp³-hybridized carbons (Fsp3) is 0.188. The molecule has 2 aromatic carbocycles. The van der Waals surface area contributed by atoms with Gasteiger partial charge in [0.25, 0.3) is 0 Å². The van der Waals surface area contributed by atoms with Gasteiger partial charge in [-0.05, 0) is 48.7 Å². The maximum atomic E-state index is 12.1. The van der Waals surface area contributed by atoms with Gasteiger partial charge in [0.15, 0.2) is 0 Å². The fourth-order valence-electron chi connectivity index (χ4n) is 1.96. The Labute approximate surface area is 123 Å². The SMILES string of the molecule is Cc1cc(N)c(NC(=O)Cc2ccccc2Cl)cc1C. The molecule has 104 valence electrons. The van der Waals surface area contributed by atoms with E-state index in [4.69, 9.17) is 17.3 Å². The van der Waals surface area contributed by atoms with Crippen molar-refractivity contribution in [3.63, 3.8) is 0 Å². The summed E-state index contributed by atoms with van der Waals surface area (Å²) in [7, 11) is 0. The van der Waals surface area contributed by atoms with E-state index in [-0.39, 0.29) is 12.3 Å². The number of amides is 1. The van der Waals surface area contributed by atoms with Gasteiger partial charge in [-0.1, -0.05) is 29.8 Å². The van der Waals surface area contributed by atoms with Crippen molar-refractivity contribution in [2.75, 3.05) is 11.1 Å².